The molecule has 0 bridgehead atoms. The molecule has 148 valence electrons. The van der Waals surface area contributed by atoms with Gasteiger partial charge in [-0.25, -0.2) is 4.79 Å². The molecule has 1 N–H and O–H groups in total. The molecule has 0 spiro atoms. The molecule has 8 heteroatoms. The van der Waals surface area contributed by atoms with E-state index in [1.165, 1.54) is 19.3 Å². The van der Waals surface area contributed by atoms with E-state index in [2.05, 4.69) is 5.32 Å². The highest BCUT2D eigenvalue weighted by molar-refractivity contribution is 6.42. The van der Waals surface area contributed by atoms with Crippen LogP contribution in [-0.2, 0) is 20.9 Å². The monoisotopic (exact) mass is 423 g/mol. The van der Waals surface area contributed by atoms with Crippen molar-refractivity contribution in [3.8, 4) is 11.5 Å². The van der Waals surface area contributed by atoms with E-state index in [9.17, 15) is 9.59 Å². The number of carbonyl (C=O) groups is 2. The van der Waals surface area contributed by atoms with E-state index in [1.54, 1.807) is 43.5 Å². The minimum absolute atomic E-state index is 0.255. The molecule has 1 amide bonds. The van der Waals surface area contributed by atoms with Crippen molar-refractivity contribution >= 4 is 41.2 Å². The topological polar surface area (TPSA) is 73.9 Å². The molecule has 0 radical (unpaired) electrons. The van der Waals surface area contributed by atoms with Crippen LogP contribution >= 0.6 is 23.2 Å². The fraction of sp³-hybridized carbons (Fsp3) is 0.200. The number of nitrogens with one attached hydrogen (secondary N) is 1. The number of halogens is 2. The first-order valence-corrected chi connectivity index (χ1v) is 8.96. The summed E-state index contributed by atoms with van der Waals surface area (Å²) in [6.45, 7) is -0.148. The van der Waals surface area contributed by atoms with Gasteiger partial charge in [0.2, 0.25) is 0 Å². The lowest BCUT2D eigenvalue weighted by atomic mass is 10.2. The Bertz CT molecular complexity index is 883. The maximum absolute atomic E-state index is 11.9. The second-order valence-electron chi connectivity index (χ2n) is 5.55. The average Bonchev–Trinajstić information content (AvgIpc) is 2.71. The van der Waals surface area contributed by atoms with Crippen molar-refractivity contribution in [1.29, 1.82) is 0 Å². The van der Waals surface area contributed by atoms with E-state index >= 15 is 0 Å². The Kier molecular flexibility index (Phi) is 8.17. The number of ether oxygens (including phenoxy) is 3. The van der Waals surface area contributed by atoms with Gasteiger partial charge in [0.15, 0.2) is 18.1 Å². The molecule has 0 aliphatic heterocycles. The van der Waals surface area contributed by atoms with Gasteiger partial charge in [0, 0.05) is 12.6 Å². The van der Waals surface area contributed by atoms with Crippen molar-refractivity contribution in [3.05, 3.63) is 63.6 Å². The summed E-state index contributed by atoms with van der Waals surface area (Å²) in [7, 11) is 3.08. The standard InChI is InChI=1S/C20H19Cl2NO5/c1-26-16-8-6-13(10-17(16)27-2)11-23-18(24)12-28-19(25)9-7-14-4-3-5-15(21)20(14)22/h3-10H,11-12H2,1-2H3,(H,23,24)/b9-7+. The van der Waals surface area contributed by atoms with E-state index in [-0.39, 0.29) is 6.54 Å². The SMILES string of the molecule is COc1ccc(CNC(=O)COC(=O)/C=C/c2cccc(Cl)c2Cl)cc1OC. The van der Waals surface area contributed by atoms with Crippen molar-refractivity contribution in [3.63, 3.8) is 0 Å². The molecular formula is C20H19Cl2NO5. The summed E-state index contributed by atoms with van der Waals surface area (Å²) in [5, 5.41) is 3.37. The van der Waals surface area contributed by atoms with Crippen LogP contribution in [0.4, 0.5) is 0 Å². The van der Waals surface area contributed by atoms with Crippen molar-refractivity contribution < 1.29 is 23.8 Å². The molecule has 0 saturated heterocycles. The Balaban J connectivity index is 1.81. The highest BCUT2D eigenvalue weighted by Gasteiger charge is 2.08. The summed E-state index contributed by atoms with van der Waals surface area (Å²) < 4.78 is 15.3. The number of rotatable bonds is 8. The second kappa shape index (κ2) is 10.6. The lowest BCUT2D eigenvalue weighted by Gasteiger charge is -2.10. The van der Waals surface area contributed by atoms with Gasteiger partial charge in [-0.05, 0) is 35.4 Å². The highest BCUT2D eigenvalue weighted by Crippen LogP contribution is 2.27. The first kappa shape index (κ1) is 21.6. The summed E-state index contributed by atoms with van der Waals surface area (Å²) in [6.07, 6.45) is 2.65. The largest absolute Gasteiger partial charge is 0.493 e. The first-order valence-electron chi connectivity index (χ1n) is 8.21. The maximum atomic E-state index is 11.9. The second-order valence-corrected chi connectivity index (χ2v) is 6.34. The van der Waals surface area contributed by atoms with Crippen LogP contribution in [0, 0.1) is 0 Å². The molecule has 28 heavy (non-hydrogen) atoms. The quantitative estimate of drug-likeness (QED) is 0.514. The predicted octanol–water partition coefficient (Wildman–Crippen LogP) is 3.88. The van der Waals surface area contributed by atoms with Gasteiger partial charge in [0.1, 0.15) is 0 Å². The molecule has 0 fully saturated rings. The molecule has 2 rings (SSSR count). The van der Waals surface area contributed by atoms with E-state index in [4.69, 9.17) is 37.4 Å². The van der Waals surface area contributed by atoms with Crippen LogP contribution in [0.5, 0.6) is 11.5 Å². The molecule has 0 heterocycles. The van der Waals surface area contributed by atoms with Crippen LogP contribution in [0.3, 0.4) is 0 Å². The molecule has 0 unspecified atom stereocenters. The third-order valence-electron chi connectivity index (χ3n) is 3.66. The van der Waals surface area contributed by atoms with E-state index in [1.807, 2.05) is 0 Å². The molecule has 0 aromatic heterocycles. The minimum atomic E-state index is -0.669. The molecule has 6 nitrogen and oxygen atoms in total. The van der Waals surface area contributed by atoms with Gasteiger partial charge < -0.3 is 19.5 Å². The van der Waals surface area contributed by atoms with Crippen molar-refractivity contribution in [2.24, 2.45) is 0 Å². The lowest BCUT2D eigenvalue weighted by Crippen LogP contribution is -2.28. The van der Waals surface area contributed by atoms with Gasteiger partial charge in [-0.1, -0.05) is 41.4 Å². The van der Waals surface area contributed by atoms with Gasteiger partial charge >= 0.3 is 5.97 Å². The third-order valence-corrected chi connectivity index (χ3v) is 4.50. The number of esters is 1. The lowest BCUT2D eigenvalue weighted by molar-refractivity contribution is -0.143. The normalized spacial score (nSPS) is 10.6. The summed E-state index contributed by atoms with van der Waals surface area (Å²) in [5.74, 6) is 0.0539. The van der Waals surface area contributed by atoms with Crippen LogP contribution in [0.1, 0.15) is 11.1 Å². The van der Waals surface area contributed by atoms with Crippen molar-refractivity contribution in [2.45, 2.75) is 6.54 Å². The maximum Gasteiger partial charge on any atom is 0.331 e. The van der Waals surface area contributed by atoms with Gasteiger partial charge in [-0.2, -0.15) is 0 Å². The molecule has 0 aliphatic carbocycles. The fourth-order valence-electron chi connectivity index (χ4n) is 2.23. The smallest absolute Gasteiger partial charge is 0.331 e. The van der Waals surface area contributed by atoms with Gasteiger partial charge in [0.05, 0.1) is 24.3 Å². The fourth-order valence-corrected chi connectivity index (χ4v) is 2.60. The Hall–Kier alpha value is -2.70. The Labute approximate surface area is 173 Å². The average molecular weight is 424 g/mol. The molecule has 0 saturated carbocycles. The van der Waals surface area contributed by atoms with Crippen molar-refractivity contribution in [2.75, 3.05) is 20.8 Å². The highest BCUT2D eigenvalue weighted by atomic mass is 35.5. The number of benzene rings is 2. The third kappa shape index (κ3) is 6.18. The molecule has 2 aromatic rings. The van der Waals surface area contributed by atoms with Crippen LogP contribution in [0.2, 0.25) is 10.0 Å². The Morgan fingerprint density at radius 1 is 1.07 bits per heavy atom. The summed E-state index contributed by atoms with van der Waals surface area (Å²) >= 11 is 11.9. The molecular weight excluding hydrogens is 405 g/mol. The molecule has 0 aliphatic rings. The number of hydrogen-bond donors (Lipinski definition) is 1. The van der Waals surface area contributed by atoms with Crippen LogP contribution in [-0.4, -0.2) is 32.7 Å². The first-order chi connectivity index (χ1) is 13.4. The number of hydrogen-bond acceptors (Lipinski definition) is 5. The summed E-state index contributed by atoms with van der Waals surface area (Å²) in [6, 6.07) is 10.3. The number of carbonyl (C=O) groups excluding carboxylic acids is 2. The minimum Gasteiger partial charge on any atom is -0.493 e. The zero-order valence-electron chi connectivity index (χ0n) is 15.3. The van der Waals surface area contributed by atoms with Crippen LogP contribution in [0.25, 0.3) is 6.08 Å². The Morgan fingerprint density at radius 3 is 2.54 bits per heavy atom. The Morgan fingerprint density at radius 2 is 1.82 bits per heavy atom. The van der Waals surface area contributed by atoms with Gasteiger partial charge in [-0.3, -0.25) is 4.79 Å². The van der Waals surface area contributed by atoms with E-state index in [0.29, 0.717) is 27.1 Å². The van der Waals surface area contributed by atoms with Crippen LogP contribution in [0.15, 0.2) is 42.5 Å². The van der Waals surface area contributed by atoms with Gasteiger partial charge in [-0.15, -0.1) is 0 Å². The number of methoxy groups -OCH3 is 2. The van der Waals surface area contributed by atoms with Crippen LogP contribution < -0.4 is 14.8 Å². The molecule has 0 atom stereocenters. The molecule has 2 aromatic carbocycles. The summed E-state index contributed by atoms with van der Waals surface area (Å²) in [5.41, 5.74) is 1.39. The van der Waals surface area contributed by atoms with Crippen molar-refractivity contribution in [1.82, 2.24) is 5.32 Å². The van der Waals surface area contributed by atoms with E-state index in [0.717, 1.165) is 5.56 Å². The van der Waals surface area contributed by atoms with E-state index < -0.39 is 18.5 Å². The number of amides is 1. The zero-order valence-corrected chi connectivity index (χ0v) is 16.8. The predicted molar refractivity (Wildman–Crippen MR) is 108 cm³/mol. The zero-order chi connectivity index (χ0) is 20.5. The summed E-state index contributed by atoms with van der Waals surface area (Å²) in [4.78, 5) is 23.6. The van der Waals surface area contributed by atoms with Gasteiger partial charge in [0.25, 0.3) is 5.91 Å².